The molecule has 0 aromatic heterocycles. The van der Waals surface area contributed by atoms with Gasteiger partial charge in [-0.15, -0.1) is 0 Å². The first-order valence-corrected chi connectivity index (χ1v) is 8.51. The van der Waals surface area contributed by atoms with Gasteiger partial charge >= 0.3 is 5.92 Å². The quantitative estimate of drug-likeness (QED) is 0.756. The van der Waals surface area contributed by atoms with Crippen LogP contribution in [0.4, 0.5) is 27.6 Å². The minimum absolute atomic E-state index is 0.104. The fourth-order valence-corrected chi connectivity index (χ4v) is 2.92. The molecule has 0 unspecified atom stereocenters. The maximum Gasteiger partial charge on any atom is 0.352 e. The molecule has 1 atom stereocenters. The van der Waals surface area contributed by atoms with Crippen LogP contribution in [-0.2, 0) is 10.7 Å². The van der Waals surface area contributed by atoms with Gasteiger partial charge in [-0.25, -0.2) is 13.2 Å². The van der Waals surface area contributed by atoms with Crippen LogP contribution in [0.15, 0.2) is 36.4 Å². The van der Waals surface area contributed by atoms with Crippen LogP contribution in [0, 0.1) is 17.5 Å². The van der Waals surface area contributed by atoms with Crippen LogP contribution in [0.3, 0.4) is 0 Å². The second-order valence-electron chi connectivity index (χ2n) is 6.55. The third kappa shape index (κ3) is 4.21. The minimum atomic E-state index is -4.27. The van der Waals surface area contributed by atoms with Crippen molar-refractivity contribution < 1.29 is 36.6 Å². The Hall–Kier alpha value is -3.01. The van der Waals surface area contributed by atoms with Crippen LogP contribution in [-0.4, -0.2) is 41.0 Å². The standard InChI is InChI=1S/C19H15F5N2O3/c20-14-3-1-10(17(28)25-11-2-4-15(21)16(22)8-11)7-13(14)19(23,24)18(29)26-6-5-12(27)9-26/h1-4,7-8,12,27H,5-6,9H2,(H,25,28)/t12-/m0/s1. The molecule has 1 fully saturated rings. The Kier molecular flexibility index (Phi) is 5.56. The highest BCUT2D eigenvalue weighted by Gasteiger charge is 2.47. The summed E-state index contributed by atoms with van der Waals surface area (Å²) in [7, 11) is 0. The monoisotopic (exact) mass is 414 g/mol. The van der Waals surface area contributed by atoms with E-state index in [4.69, 9.17) is 0 Å². The lowest BCUT2D eigenvalue weighted by Crippen LogP contribution is -2.41. The van der Waals surface area contributed by atoms with Crippen molar-refractivity contribution in [2.45, 2.75) is 18.4 Å². The minimum Gasteiger partial charge on any atom is -0.391 e. The van der Waals surface area contributed by atoms with E-state index >= 15 is 0 Å². The van der Waals surface area contributed by atoms with Crippen LogP contribution < -0.4 is 5.32 Å². The van der Waals surface area contributed by atoms with Crippen LogP contribution in [0.5, 0.6) is 0 Å². The number of aliphatic hydroxyl groups is 1. The summed E-state index contributed by atoms with van der Waals surface area (Å²) in [4.78, 5) is 25.1. The van der Waals surface area contributed by atoms with E-state index in [0.717, 1.165) is 23.1 Å². The summed E-state index contributed by atoms with van der Waals surface area (Å²) in [6, 6.07) is 4.54. The number of nitrogens with one attached hydrogen (secondary N) is 1. The lowest BCUT2D eigenvalue weighted by molar-refractivity contribution is -0.158. The van der Waals surface area contributed by atoms with Crippen molar-refractivity contribution in [3.8, 4) is 0 Å². The highest BCUT2D eigenvalue weighted by atomic mass is 19.3. The molecule has 1 aliphatic rings. The van der Waals surface area contributed by atoms with E-state index in [1.165, 1.54) is 0 Å². The predicted octanol–water partition coefficient (Wildman–Crippen LogP) is 3.04. The molecule has 5 nitrogen and oxygen atoms in total. The van der Waals surface area contributed by atoms with Crippen LogP contribution in [0.25, 0.3) is 0 Å². The molecule has 2 aromatic carbocycles. The molecule has 1 heterocycles. The summed E-state index contributed by atoms with van der Waals surface area (Å²) in [5.74, 6) is -10.7. The molecule has 0 saturated carbocycles. The number of amides is 2. The van der Waals surface area contributed by atoms with Gasteiger partial charge in [-0.3, -0.25) is 9.59 Å². The summed E-state index contributed by atoms with van der Waals surface area (Å²) in [6.07, 6.45) is -0.811. The van der Waals surface area contributed by atoms with Gasteiger partial charge in [0.15, 0.2) is 11.6 Å². The van der Waals surface area contributed by atoms with Gasteiger partial charge in [0.1, 0.15) is 5.82 Å². The molecule has 0 spiro atoms. The summed E-state index contributed by atoms with van der Waals surface area (Å²) >= 11 is 0. The molecule has 0 aliphatic carbocycles. The molecule has 29 heavy (non-hydrogen) atoms. The highest BCUT2D eigenvalue weighted by molar-refractivity contribution is 6.04. The van der Waals surface area contributed by atoms with Gasteiger partial charge in [0.05, 0.1) is 11.7 Å². The van der Waals surface area contributed by atoms with Crippen LogP contribution in [0.2, 0.25) is 0 Å². The molecule has 1 saturated heterocycles. The normalized spacial score (nSPS) is 16.8. The molecule has 0 radical (unpaired) electrons. The SMILES string of the molecule is O=C(Nc1ccc(F)c(F)c1)c1ccc(F)c(C(F)(F)C(=O)N2CC[C@H](O)C2)c1. The second kappa shape index (κ2) is 7.78. The third-order valence-corrected chi connectivity index (χ3v) is 4.46. The Bertz CT molecular complexity index is 967. The first-order valence-electron chi connectivity index (χ1n) is 8.51. The number of aliphatic hydroxyl groups excluding tert-OH is 1. The van der Waals surface area contributed by atoms with E-state index in [1.807, 2.05) is 0 Å². The molecular formula is C19H15F5N2O3. The van der Waals surface area contributed by atoms with Crippen molar-refractivity contribution in [2.75, 3.05) is 18.4 Å². The van der Waals surface area contributed by atoms with Gasteiger partial charge in [-0.05, 0) is 36.8 Å². The number of alkyl halides is 2. The van der Waals surface area contributed by atoms with E-state index < -0.39 is 52.4 Å². The van der Waals surface area contributed by atoms with E-state index in [1.54, 1.807) is 0 Å². The number of likely N-dealkylation sites (tertiary alicyclic amines) is 1. The number of benzene rings is 2. The summed E-state index contributed by atoms with van der Waals surface area (Å²) in [5.41, 5.74) is -1.87. The van der Waals surface area contributed by atoms with Crippen LogP contribution >= 0.6 is 0 Å². The van der Waals surface area contributed by atoms with Gasteiger partial charge < -0.3 is 15.3 Å². The largest absolute Gasteiger partial charge is 0.391 e. The molecule has 10 heteroatoms. The van der Waals surface area contributed by atoms with Crippen molar-refractivity contribution in [1.82, 2.24) is 4.90 Å². The zero-order valence-corrected chi connectivity index (χ0v) is 14.8. The number of hydrogen-bond donors (Lipinski definition) is 2. The number of carbonyl (C=O) groups excluding carboxylic acids is 2. The summed E-state index contributed by atoms with van der Waals surface area (Å²) in [6.45, 7) is -0.403. The molecule has 2 N–H and O–H groups in total. The molecule has 0 bridgehead atoms. The van der Waals surface area contributed by atoms with Gasteiger partial charge in [0.25, 0.3) is 11.8 Å². The van der Waals surface area contributed by atoms with Crippen molar-refractivity contribution in [3.05, 3.63) is 65.0 Å². The number of halogens is 5. The molecular weight excluding hydrogens is 399 g/mol. The first kappa shape index (κ1) is 20.7. The van der Waals surface area contributed by atoms with Crippen LogP contribution in [0.1, 0.15) is 22.3 Å². The number of carbonyl (C=O) groups is 2. The summed E-state index contributed by atoms with van der Waals surface area (Å²) < 4.78 is 69.5. The Morgan fingerprint density at radius 2 is 1.72 bits per heavy atom. The highest BCUT2D eigenvalue weighted by Crippen LogP contribution is 2.34. The average molecular weight is 414 g/mol. The van der Waals surface area contributed by atoms with Crippen molar-refractivity contribution >= 4 is 17.5 Å². The van der Waals surface area contributed by atoms with E-state index in [9.17, 15) is 36.6 Å². The summed E-state index contributed by atoms with van der Waals surface area (Å²) in [5, 5.41) is 11.6. The molecule has 1 aliphatic heterocycles. The van der Waals surface area contributed by atoms with Gasteiger partial charge in [-0.2, -0.15) is 8.78 Å². The first-order chi connectivity index (χ1) is 13.6. The Balaban J connectivity index is 1.85. The average Bonchev–Trinajstić information content (AvgIpc) is 3.10. The maximum absolute atomic E-state index is 14.6. The zero-order chi connectivity index (χ0) is 21.3. The Morgan fingerprint density at radius 3 is 2.34 bits per heavy atom. The van der Waals surface area contributed by atoms with E-state index in [0.29, 0.717) is 18.2 Å². The van der Waals surface area contributed by atoms with Gasteiger partial charge in [-0.1, -0.05) is 0 Å². The fraction of sp³-hybridized carbons (Fsp3) is 0.263. The fourth-order valence-electron chi connectivity index (χ4n) is 2.92. The Labute approximate surface area is 161 Å². The maximum atomic E-state index is 14.6. The third-order valence-electron chi connectivity index (χ3n) is 4.46. The molecule has 2 amide bonds. The number of nitrogens with zero attached hydrogens (tertiary/aromatic N) is 1. The zero-order valence-electron chi connectivity index (χ0n) is 14.8. The Morgan fingerprint density at radius 1 is 1.03 bits per heavy atom. The molecule has 3 rings (SSSR count). The molecule has 154 valence electrons. The number of rotatable bonds is 4. The lowest BCUT2D eigenvalue weighted by atomic mass is 10.0. The van der Waals surface area contributed by atoms with Gasteiger partial charge in [0.2, 0.25) is 0 Å². The van der Waals surface area contributed by atoms with Crippen molar-refractivity contribution in [2.24, 2.45) is 0 Å². The number of anilines is 1. The smallest absolute Gasteiger partial charge is 0.352 e. The number of hydrogen-bond acceptors (Lipinski definition) is 3. The topological polar surface area (TPSA) is 69.6 Å². The van der Waals surface area contributed by atoms with Crippen molar-refractivity contribution in [1.29, 1.82) is 0 Å². The van der Waals surface area contributed by atoms with E-state index in [2.05, 4.69) is 5.32 Å². The second-order valence-corrected chi connectivity index (χ2v) is 6.55. The van der Waals surface area contributed by atoms with Crippen molar-refractivity contribution in [3.63, 3.8) is 0 Å². The van der Waals surface area contributed by atoms with E-state index in [-0.39, 0.29) is 25.2 Å². The number of β-amino-alcohol motifs (C(OH)–C–C–N with tert-alkyl or cyclic N) is 1. The predicted molar refractivity (Wildman–Crippen MR) is 91.8 cm³/mol. The lowest BCUT2D eigenvalue weighted by Gasteiger charge is -2.23. The van der Waals surface area contributed by atoms with Gasteiger partial charge in [0, 0.05) is 30.4 Å². The molecule has 2 aromatic rings.